The molecule has 2 heterocycles. The van der Waals surface area contributed by atoms with Crippen molar-refractivity contribution in [2.75, 3.05) is 6.54 Å². The third-order valence-electron chi connectivity index (χ3n) is 3.49. The molecule has 0 aromatic carbocycles. The number of amides is 1. The number of carbonyl (C=O) groups is 1. The summed E-state index contributed by atoms with van der Waals surface area (Å²) < 4.78 is 0. The number of aromatic nitrogens is 3. The van der Waals surface area contributed by atoms with Crippen LogP contribution in [0.3, 0.4) is 0 Å². The van der Waals surface area contributed by atoms with E-state index in [0.29, 0.717) is 35.6 Å². The smallest absolute Gasteiger partial charge is 0.255 e. The summed E-state index contributed by atoms with van der Waals surface area (Å²) in [5, 5.41) is 12.0. The van der Waals surface area contributed by atoms with Crippen molar-refractivity contribution >= 4 is 17.1 Å². The summed E-state index contributed by atoms with van der Waals surface area (Å²) in [4.78, 5) is 24.0. The molecule has 1 fully saturated rings. The van der Waals surface area contributed by atoms with Gasteiger partial charge in [0.05, 0.1) is 23.6 Å². The summed E-state index contributed by atoms with van der Waals surface area (Å²) in [6.45, 7) is 2.14. The Balaban J connectivity index is 1.79. The predicted molar refractivity (Wildman–Crippen MR) is 74.5 cm³/mol. The molecule has 1 aliphatic rings. The van der Waals surface area contributed by atoms with Gasteiger partial charge in [-0.1, -0.05) is 0 Å². The van der Waals surface area contributed by atoms with Gasteiger partial charge in [0.25, 0.3) is 5.91 Å². The molecule has 3 rings (SSSR count). The zero-order valence-corrected chi connectivity index (χ0v) is 11.4. The summed E-state index contributed by atoms with van der Waals surface area (Å²) in [5.41, 5.74) is 2.75. The Morgan fingerprint density at radius 2 is 2.40 bits per heavy atom. The molecule has 2 aromatic rings. The molecule has 1 unspecified atom stereocenters. The fourth-order valence-corrected chi connectivity index (χ4v) is 2.14. The molecule has 0 spiro atoms. The molecule has 0 saturated heterocycles. The predicted octanol–water partition coefficient (Wildman–Crippen LogP) is 1.34. The van der Waals surface area contributed by atoms with Gasteiger partial charge in [-0.3, -0.25) is 4.79 Å². The first-order valence-corrected chi connectivity index (χ1v) is 6.95. The second-order valence-electron chi connectivity index (χ2n) is 5.36. The highest BCUT2D eigenvalue weighted by Crippen LogP contribution is 2.39. The van der Waals surface area contributed by atoms with Crippen molar-refractivity contribution in [2.45, 2.75) is 38.2 Å². The minimum atomic E-state index is -0.417. The summed E-state index contributed by atoms with van der Waals surface area (Å²) in [5.74, 6) is 0.326. The summed E-state index contributed by atoms with van der Waals surface area (Å²) in [7, 11) is 0. The van der Waals surface area contributed by atoms with Crippen LogP contribution in [0.15, 0.2) is 12.4 Å². The van der Waals surface area contributed by atoms with Crippen molar-refractivity contribution < 1.29 is 9.90 Å². The van der Waals surface area contributed by atoms with Crippen LogP contribution in [0.1, 0.15) is 48.2 Å². The summed E-state index contributed by atoms with van der Waals surface area (Å²) in [6.07, 6.45) is 5.85. The van der Waals surface area contributed by atoms with E-state index in [0.717, 1.165) is 18.5 Å². The quantitative estimate of drug-likeness (QED) is 0.767. The number of aromatic amines is 1. The number of hydrogen-bond donors (Lipinski definition) is 3. The van der Waals surface area contributed by atoms with Gasteiger partial charge in [0, 0.05) is 18.7 Å². The first kappa shape index (κ1) is 13.1. The van der Waals surface area contributed by atoms with Gasteiger partial charge in [0.1, 0.15) is 5.52 Å². The molecular formula is C14H18N4O2. The van der Waals surface area contributed by atoms with E-state index in [2.05, 4.69) is 20.3 Å². The lowest BCUT2D eigenvalue weighted by Crippen LogP contribution is -2.26. The minimum absolute atomic E-state index is 0.181. The number of fused-ring (bicyclic) bond motifs is 1. The minimum Gasteiger partial charge on any atom is -0.393 e. The molecule has 20 heavy (non-hydrogen) atoms. The number of nitrogens with one attached hydrogen (secondary N) is 2. The van der Waals surface area contributed by atoms with Crippen LogP contribution >= 0.6 is 0 Å². The molecule has 1 amide bonds. The Morgan fingerprint density at radius 1 is 1.60 bits per heavy atom. The number of rotatable bonds is 5. The summed E-state index contributed by atoms with van der Waals surface area (Å²) in [6, 6.07) is 0. The van der Waals surface area contributed by atoms with Crippen LogP contribution in [0.4, 0.5) is 0 Å². The van der Waals surface area contributed by atoms with E-state index in [1.807, 2.05) is 0 Å². The third kappa shape index (κ3) is 2.65. The third-order valence-corrected chi connectivity index (χ3v) is 3.49. The maximum Gasteiger partial charge on any atom is 0.255 e. The first-order valence-electron chi connectivity index (χ1n) is 6.95. The van der Waals surface area contributed by atoms with Crippen molar-refractivity contribution in [3.05, 3.63) is 23.7 Å². The number of carbonyl (C=O) groups excluding carboxylic acids is 1. The van der Waals surface area contributed by atoms with Crippen molar-refractivity contribution in [1.29, 1.82) is 0 Å². The fraction of sp³-hybridized carbons (Fsp3) is 0.500. The molecule has 1 saturated carbocycles. The van der Waals surface area contributed by atoms with Gasteiger partial charge >= 0.3 is 0 Å². The Hall–Kier alpha value is -1.95. The molecule has 0 bridgehead atoms. The molecule has 3 N–H and O–H groups in total. The topological polar surface area (TPSA) is 90.9 Å². The van der Waals surface area contributed by atoms with Gasteiger partial charge < -0.3 is 15.4 Å². The van der Waals surface area contributed by atoms with Crippen molar-refractivity contribution in [1.82, 2.24) is 20.3 Å². The van der Waals surface area contributed by atoms with Crippen LogP contribution in [0.5, 0.6) is 0 Å². The summed E-state index contributed by atoms with van der Waals surface area (Å²) >= 11 is 0. The van der Waals surface area contributed by atoms with E-state index in [1.165, 1.54) is 0 Å². The van der Waals surface area contributed by atoms with Crippen molar-refractivity contribution in [3.8, 4) is 0 Å². The fourth-order valence-electron chi connectivity index (χ4n) is 2.14. The molecule has 106 valence electrons. The van der Waals surface area contributed by atoms with Crippen LogP contribution in [0.25, 0.3) is 11.2 Å². The van der Waals surface area contributed by atoms with Crippen LogP contribution in [-0.4, -0.2) is 38.6 Å². The largest absolute Gasteiger partial charge is 0.393 e. The Morgan fingerprint density at radius 3 is 3.10 bits per heavy atom. The van der Waals surface area contributed by atoms with E-state index in [-0.39, 0.29) is 5.91 Å². The second-order valence-corrected chi connectivity index (χ2v) is 5.36. The Labute approximate surface area is 116 Å². The molecule has 6 heteroatoms. The lowest BCUT2D eigenvalue weighted by Gasteiger charge is -2.06. The maximum absolute atomic E-state index is 12.1. The lowest BCUT2D eigenvalue weighted by molar-refractivity contribution is 0.0947. The monoisotopic (exact) mass is 274 g/mol. The standard InChI is InChI=1S/C14H18N4O2/c1-8(19)4-5-15-14(20)10-6-16-13-12(10)18-11(7-17-13)9-2-3-9/h6-9,19H,2-5H2,1H3,(H,15,20)(H,16,17). The zero-order valence-electron chi connectivity index (χ0n) is 11.4. The molecule has 1 atom stereocenters. The van der Waals surface area contributed by atoms with Gasteiger partial charge in [-0.05, 0) is 26.2 Å². The van der Waals surface area contributed by atoms with Crippen molar-refractivity contribution in [3.63, 3.8) is 0 Å². The number of aliphatic hydroxyl groups excluding tert-OH is 1. The van der Waals surface area contributed by atoms with Gasteiger partial charge in [0.2, 0.25) is 0 Å². The number of H-pyrrole nitrogens is 1. The highest BCUT2D eigenvalue weighted by molar-refractivity contribution is 6.04. The molecule has 1 aliphatic carbocycles. The van der Waals surface area contributed by atoms with Gasteiger partial charge in [-0.15, -0.1) is 0 Å². The van der Waals surface area contributed by atoms with Crippen LogP contribution < -0.4 is 5.32 Å². The number of aliphatic hydroxyl groups is 1. The first-order chi connectivity index (χ1) is 9.65. The van der Waals surface area contributed by atoms with Crippen molar-refractivity contribution in [2.24, 2.45) is 0 Å². The molecule has 0 aliphatic heterocycles. The lowest BCUT2D eigenvalue weighted by atomic mass is 10.2. The van der Waals surface area contributed by atoms with Crippen LogP contribution in [0.2, 0.25) is 0 Å². The maximum atomic E-state index is 12.1. The van der Waals surface area contributed by atoms with Crippen LogP contribution in [-0.2, 0) is 0 Å². The molecular weight excluding hydrogens is 256 g/mol. The molecule has 6 nitrogen and oxygen atoms in total. The highest BCUT2D eigenvalue weighted by atomic mass is 16.3. The number of hydrogen-bond acceptors (Lipinski definition) is 4. The van der Waals surface area contributed by atoms with Gasteiger partial charge in [-0.25, -0.2) is 9.97 Å². The van der Waals surface area contributed by atoms with Crippen LogP contribution in [0, 0.1) is 0 Å². The second kappa shape index (κ2) is 5.20. The average Bonchev–Trinajstić information content (AvgIpc) is 3.17. The van der Waals surface area contributed by atoms with E-state index in [4.69, 9.17) is 0 Å². The highest BCUT2D eigenvalue weighted by Gasteiger charge is 2.26. The van der Waals surface area contributed by atoms with Gasteiger partial charge in [0.15, 0.2) is 5.65 Å². The normalized spacial score (nSPS) is 16.3. The Kier molecular flexibility index (Phi) is 3.40. The SMILES string of the molecule is CC(O)CCNC(=O)c1c[nH]c2ncc(C3CC3)nc12. The zero-order chi connectivity index (χ0) is 14.1. The van der Waals surface area contributed by atoms with E-state index in [1.54, 1.807) is 19.3 Å². The number of nitrogens with zero attached hydrogens (tertiary/aromatic N) is 2. The Bertz CT molecular complexity index is 631. The van der Waals surface area contributed by atoms with E-state index >= 15 is 0 Å². The molecule has 0 radical (unpaired) electrons. The van der Waals surface area contributed by atoms with Gasteiger partial charge in [-0.2, -0.15) is 0 Å². The van der Waals surface area contributed by atoms with E-state index < -0.39 is 6.10 Å². The average molecular weight is 274 g/mol. The molecule has 2 aromatic heterocycles. The van der Waals surface area contributed by atoms with E-state index in [9.17, 15) is 9.90 Å².